The first-order valence-electron chi connectivity index (χ1n) is 14.9. The van der Waals surface area contributed by atoms with Gasteiger partial charge in [0, 0.05) is 12.4 Å². The molecule has 5 aromatic carbocycles. The van der Waals surface area contributed by atoms with Gasteiger partial charge in [-0.3, -0.25) is 0 Å². The van der Waals surface area contributed by atoms with Crippen molar-refractivity contribution in [3.8, 4) is 0 Å². The molecule has 0 saturated carbocycles. The lowest BCUT2D eigenvalue weighted by molar-refractivity contribution is 0.590. The van der Waals surface area contributed by atoms with Gasteiger partial charge in [0.05, 0.1) is 28.9 Å². The van der Waals surface area contributed by atoms with Crippen molar-refractivity contribution >= 4 is 22.6 Å². The smallest absolute Gasteiger partial charge is 0.0965 e. The first-order chi connectivity index (χ1) is 20.9. The van der Waals surface area contributed by atoms with Crippen LogP contribution >= 0.6 is 0 Å². The minimum absolute atomic E-state index is 0.0163. The van der Waals surface area contributed by atoms with Gasteiger partial charge in [-0.1, -0.05) is 172 Å². The van der Waals surface area contributed by atoms with Gasteiger partial charge in [0.1, 0.15) is 0 Å². The topological polar surface area (TPSA) is 17.8 Å². The summed E-state index contributed by atoms with van der Waals surface area (Å²) < 4.78 is 2.31. The van der Waals surface area contributed by atoms with E-state index in [9.17, 15) is 0 Å². The molecule has 6 rings (SSSR count). The van der Waals surface area contributed by atoms with Gasteiger partial charge in [0.2, 0.25) is 0 Å². The van der Waals surface area contributed by atoms with E-state index < -0.39 is 9.52 Å². The summed E-state index contributed by atoms with van der Waals surface area (Å²) in [6.45, 7) is 6.80. The van der Waals surface area contributed by atoms with Gasteiger partial charge in [0.25, 0.3) is 0 Å². The minimum atomic E-state index is -0.807. The quantitative estimate of drug-likeness (QED) is 0.182. The van der Waals surface area contributed by atoms with E-state index in [0.29, 0.717) is 0 Å². The van der Waals surface area contributed by atoms with Crippen LogP contribution in [0.1, 0.15) is 54.4 Å². The molecule has 0 spiro atoms. The highest BCUT2D eigenvalue weighted by Gasteiger charge is 2.36. The number of hydrogen-bond acceptors (Lipinski definition) is 1. The Morgan fingerprint density at radius 1 is 0.581 bits per heavy atom. The third-order valence-electron chi connectivity index (χ3n) is 8.05. The Balaban J connectivity index is 0.000000220. The molecule has 212 valence electrons. The van der Waals surface area contributed by atoms with Gasteiger partial charge < -0.3 is 4.57 Å². The number of imidazole rings is 1. The van der Waals surface area contributed by atoms with Crippen LogP contribution in [-0.4, -0.2) is 26.9 Å². The molecule has 1 heterocycles. The molecule has 0 aliphatic carbocycles. The van der Waals surface area contributed by atoms with E-state index >= 15 is 0 Å². The highest BCUT2D eigenvalue weighted by Crippen LogP contribution is 2.33. The van der Waals surface area contributed by atoms with Crippen molar-refractivity contribution in [2.45, 2.75) is 37.2 Å². The average Bonchev–Trinajstić information content (AvgIpc) is 3.61. The zero-order valence-electron chi connectivity index (χ0n) is 25.3. The largest absolute Gasteiger partial charge is 0.326 e. The van der Waals surface area contributed by atoms with E-state index in [1.54, 1.807) is 0 Å². The maximum absolute atomic E-state index is 6.12. The second-order valence-electron chi connectivity index (χ2n) is 12.0. The number of benzene rings is 5. The zero-order chi connectivity index (χ0) is 30.1. The molecule has 0 unspecified atom stereocenters. The molecular formula is C39H39BN2Si. The molecule has 0 fully saturated rings. The normalized spacial score (nSPS) is 11.8. The summed E-state index contributed by atoms with van der Waals surface area (Å²) in [4.78, 5) is 4.41. The molecular weight excluding hydrogens is 535 g/mol. The number of hydrogen-bond donors (Lipinski definition) is 0. The van der Waals surface area contributed by atoms with E-state index in [4.69, 9.17) is 7.85 Å². The SMILES string of the molecule is CC(C)(C)c1ccc([SiH2]C(c2ccccc2)(c2ccccc2)n2ccnc2)cc1.[B]C(c1ccccc1)c1ccccc1. The molecule has 4 heteroatoms. The molecule has 0 atom stereocenters. The molecule has 2 nitrogen and oxygen atoms in total. The Morgan fingerprint density at radius 3 is 1.42 bits per heavy atom. The summed E-state index contributed by atoms with van der Waals surface area (Å²) in [5, 5.41) is 1.22. The number of nitrogens with zero attached hydrogens (tertiary/aromatic N) is 2. The fraction of sp³-hybridized carbons (Fsp3) is 0.154. The Bertz CT molecular complexity index is 1570. The molecule has 1 aromatic heterocycles. The van der Waals surface area contributed by atoms with Crippen molar-refractivity contribution in [3.63, 3.8) is 0 Å². The zero-order valence-corrected chi connectivity index (χ0v) is 26.8. The Hall–Kier alpha value is -4.41. The summed E-state index contributed by atoms with van der Waals surface area (Å²) in [5.74, 6) is -0.0163. The molecule has 0 N–H and O–H groups in total. The number of rotatable bonds is 7. The highest BCUT2D eigenvalue weighted by atomic mass is 28.2. The van der Waals surface area contributed by atoms with Gasteiger partial charge in [-0.05, 0) is 39.0 Å². The van der Waals surface area contributed by atoms with E-state index in [2.05, 4.69) is 146 Å². The Morgan fingerprint density at radius 2 is 1.02 bits per heavy atom. The Labute approximate surface area is 260 Å². The van der Waals surface area contributed by atoms with Gasteiger partial charge in [-0.15, -0.1) is 0 Å². The fourth-order valence-corrected chi connectivity index (χ4v) is 7.92. The van der Waals surface area contributed by atoms with Gasteiger partial charge in [-0.2, -0.15) is 0 Å². The van der Waals surface area contributed by atoms with Crippen LogP contribution in [0.5, 0.6) is 0 Å². The van der Waals surface area contributed by atoms with Crippen molar-refractivity contribution in [1.82, 2.24) is 9.55 Å². The van der Waals surface area contributed by atoms with Crippen molar-refractivity contribution < 1.29 is 0 Å². The average molecular weight is 575 g/mol. The molecule has 0 bridgehead atoms. The minimum Gasteiger partial charge on any atom is -0.326 e. The van der Waals surface area contributed by atoms with Crippen LogP contribution in [0, 0.1) is 0 Å². The van der Waals surface area contributed by atoms with Gasteiger partial charge in [0.15, 0.2) is 0 Å². The monoisotopic (exact) mass is 574 g/mol. The first-order valence-corrected chi connectivity index (χ1v) is 16.3. The van der Waals surface area contributed by atoms with Crippen LogP contribution in [0.25, 0.3) is 0 Å². The molecule has 0 amide bonds. The van der Waals surface area contributed by atoms with E-state index in [1.807, 2.05) is 48.9 Å². The highest BCUT2D eigenvalue weighted by molar-refractivity contribution is 6.57. The predicted octanol–water partition coefficient (Wildman–Crippen LogP) is 7.37. The maximum atomic E-state index is 6.12. The van der Waals surface area contributed by atoms with Gasteiger partial charge in [-0.25, -0.2) is 4.98 Å². The summed E-state index contributed by atoms with van der Waals surface area (Å²) in [7, 11) is 5.31. The fourth-order valence-electron chi connectivity index (χ4n) is 5.60. The van der Waals surface area contributed by atoms with E-state index in [-0.39, 0.29) is 16.4 Å². The van der Waals surface area contributed by atoms with Crippen molar-refractivity contribution in [3.05, 3.63) is 192 Å². The van der Waals surface area contributed by atoms with Crippen LogP contribution in [0.3, 0.4) is 0 Å². The van der Waals surface area contributed by atoms with Crippen LogP contribution in [0.15, 0.2) is 164 Å². The molecule has 6 aromatic rings. The second kappa shape index (κ2) is 13.7. The summed E-state index contributed by atoms with van der Waals surface area (Å²) in [5.41, 5.74) is 6.48. The first kappa shape index (κ1) is 30.1. The summed E-state index contributed by atoms with van der Waals surface area (Å²) in [6, 6.07) is 51.3. The number of aromatic nitrogens is 2. The molecule has 0 aliphatic rings. The lowest BCUT2D eigenvalue weighted by atomic mass is 9.76. The molecule has 2 radical (unpaired) electrons. The molecule has 0 saturated heterocycles. The third kappa shape index (κ3) is 7.15. The third-order valence-corrected chi connectivity index (χ3v) is 10.6. The van der Waals surface area contributed by atoms with E-state index in [0.717, 1.165) is 11.1 Å². The van der Waals surface area contributed by atoms with E-state index in [1.165, 1.54) is 21.9 Å². The van der Waals surface area contributed by atoms with Crippen LogP contribution < -0.4 is 5.19 Å². The summed E-state index contributed by atoms with van der Waals surface area (Å²) >= 11 is 0. The van der Waals surface area contributed by atoms with Crippen LogP contribution in [0.4, 0.5) is 0 Å². The predicted molar refractivity (Wildman–Crippen MR) is 185 cm³/mol. The van der Waals surface area contributed by atoms with Crippen LogP contribution in [0.2, 0.25) is 0 Å². The van der Waals surface area contributed by atoms with Crippen molar-refractivity contribution in [2.24, 2.45) is 0 Å². The van der Waals surface area contributed by atoms with Crippen molar-refractivity contribution in [1.29, 1.82) is 0 Å². The van der Waals surface area contributed by atoms with Crippen LogP contribution in [-0.2, 0) is 10.6 Å². The lowest BCUT2D eigenvalue weighted by Crippen LogP contribution is -2.46. The molecule has 43 heavy (non-hydrogen) atoms. The lowest BCUT2D eigenvalue weighted by Gasteiger charge is -2.37. The molecule has 0 aliphatic heterocycles. The van der Waals surface area contributed by atoms with Crippen molar-refractivity contribution in [2.75, 3.05) is 0 Å². The Kier molecular flexibility index (Phi) is 9.59. The second-order valence-corrected chi connectivity index (χ2v) is 14.2. The standard InChI is InChI=1S/C26H28N2Si.C13H11B/c1-25(2,3)21-14-16-24(17-15-21)29-26(28-19-18-27-20-28,22-10-6-4-7-11-22)23-12-8-5-9-13-23;14-13(11-7-3-1-4-8-11)12-9-5-2-6-10-12/h4-20H,29H2,1-3H3;1-10,13H. The van der Waals surface area contributed by atoms with Gasteiger partial charge >= 0.3 is 0 Å². The maximum Gasteiger partial charge on any atom is 0.0965 e. The summed E-state index contributed by atoms with van der Waals surface area (Å²) in [6.07, 6.45) is 5.96.